The number of rotatable bonds is 9. The number of ether oxygens (including phenoxy) is 1. The fourth-order valence-corrected chi connectivity index (χ4v) is 2.96. The number of hydrogen-bond acceptors (Lipinski definition) is 5. The van der Waals surface area contributed by atoms with Crippen molar-refractivity contribution in [2.24, 2.45) is 5.16 Å². The summed E-state index contributed by atoms with van der Waals surface area (Å²) in [4.78, 5) is 10.2. The van der Waals surface area contributed by atoms with Gasteiger partial charge in [0.1, 0.15) is 23.4 Å². The number of unbranched alkanes of at least 4 members (excludes halogenated alkanes) is 1. The largest absolute Gasteiger partial charge is 0.484 e. The Morgan fingerprint density at radius 3 is 2.93 bits per heavy atom. The van der Waals surface area contributed by atoms with Gasteiger partial charge in [0.25, 0.3) is 0 Å². The second-order valence-electron chi connectivity index (χ2n) is 6.90. The van der Waals surface area contributed by atoms with Crippen LogP contribution in [0.15, 0.2) is 40.1 Å². The van der Waals surface area contributed by atoms with Gasteiger partial charge in [-0.1, -0.05) is 30.7 Å². The topological polar surface area (TPSA) is 55.7 Å². The molecule has 0 bridgehead atoms. The first kappa shape index (κ1) is 21.6. The van der Waals surface area contributed by atoms with Gasteiger partial charge in [-0.2, -0.15) is 0 Å². The van der Waals surface area contributed by atoms with Crippen molar-refractivity contribution in [2.45, 2.75) is 52.2 Å². The van der Waals surface area contributed by atoms with Crippen molar-refractivity contribution in [2.75, 3.05) is 6.61 Å². The van der Waals surface area contributed by atoms with Crippen LogP contribution in [-0.2, 0) is 4.84 Å². The summed E-state index contributed by atoms with van der Waals surface area (Å²) in [6.07, 6.45) is 5.29. The monoisotopic (exact) mass is 451 g/mol. The molecule has 146 valence electrons. The Morgan fingerprint density at radius 1 is 1.41 bits per heavy atom. The van der Waals surface area contributed by atoms with Crippen molar-refractivity contribution < 1.29 is 9.57 Å². The predicted molar refractivity (Wildman–Crippen MR) is 119 cm³/mol. The van der Waals surface area contributed by atoms with Gasteiger partial charge in [0, 0.05) is 16.1 Å². The summed E-state index contributed by atoms with van der Waals surface area (Å²) in [6, 6.07) is 7.80. The van der Waals surface area contributed by atoms with E-state index in [0.717, 1.165) is 34.0 Å². The van der Waals surface area contributed by atoms with E-state index in [-0.39, 0.29) is 6.10 Å². The molecule has 0 spiro atoms. The second kappa shape index (κ2) is 9.99. The molecule has 0 saturated heterocycles. The number of nitrogens with one attached hydrogen (secondary N) is 1. The molecule has 0 amide bonds. The smallest absolute Gasteiger partial charge is 0.146 e. The van der Waals surface area contributed by atoms with Gasteiger partial charge in [-0.25, -0.2) is 0 Å². The number of aromatic nitrogens is 1. The van der Waals surface area contributed by atoms with E-state index in [0.29, 0.717) is 11.6 Å². The number of nitrogens with zero attached hydrogens (tertiary/aromatic N) is 2. The van der Waals surface area contributed by atoms with Crippen molar-refractivity contribution in [1.29, 1.82) is 0 Å². The molecular weight excluding hydrogens is 426 g/mol. The molecule has 1 aromatic heterocycles. The van der Waals surface area contributed by atoms with Gasteiger partial charge in [0.05, 0.1) is 17.3 Å². The van der Waals surface area contributed by atoms with E-state index in [4.69, 9.17) is 21.8 Å². The van der Waals surface area contributed by atoms with Crippen LogP contribution in [-0.4, -0.2) is 34.4 Å². The predicted octanol–water partition coefficient (Wildman–Crippen LogP) is 5.26. The van der Waals surface area contributed by atoms with Crippen molar-refractivity contribution in [3.8, 4) is 5.75 Å². The molecule has 1 heterocycles. The zero-order valence-electron chi connectivity index (χ0n) is 16.2. The van der Waals surface area contributed by atoms with E-state index in [9.17, 15) is 0 Å². The van der Waals surface area contributed by atoms with E-state index in [2.05, 4.69) is 38.3 Å². The van der Waals surface area contributed by atoms with Crippen molar-refractivity contribution in [3.05, 3.63) is 34.9 Å². The highest BCUT2D eigenvalue weighted by atomic mass is 79.9. The highest BCUT2D eigenvalue weighted by Gasteiger charge is 2.20. The summed E-state index contributed by atoms with van der Waals surface area (Å²) in [6.45, 7) is 8.63. The minimum Gasteiger partial charge on any atom is -0.484 e. The van der Waals surface area contributed by atoms with E-state index < -0.39 is 5.54 Å². The van der Waals surface area contributed by atoms with E-state index in [1.165, 1.54) is 0 Å². The summed E-state index contributed by atoms with van der Waals surface area (Å²) in [5.74, 6) is 0.744. The first-order valence-corrected chi connectivity index (χ1v) is 10.2. The summed E-state index contributed by atoms with van der Waals surface area (Å²) >= 11 is 8.94. The molecule has 7 heteroatoms. The number of pyridine rings is 1. The molecule has 1 aromatic carbocycles. The van der Waals surface area contributed by atoms with Crippen molar-refractivity contribution in [3.63, 3.8) is 0 Å². The molecule has 0 fully saturated rings. The second-order valence-corrected chi connectivity index (χ2v) is 8.26. The highest BCUT2D eigenvalue weighted by molar-refractivity contribution is 9.10. The standard InChI is InChI=1S/C20H26BrN3O2S/c1-5-6-9-25-23-13-20(3,4)24-19(27)14(2)26-17-7-8-18-15(11-17)10-16(21)12-22-18/h7-8,10-14H,5-6,9H2,1-4H3,(H,24,27). The average Bonchev–Trinajstić information content (AvgIpc) is 2.60. The Kier molecular flexibility index (Phi) is 7.98. The fourth-order valence-electron chi connectivity index (χ4n) is 2.30. The maximum absolute atomic E-state index is 6.01. The number of halogens is 1. The number of hydrogen-bond donors (Lipinski definition) is 1. The van der Waals surface area contributed by atoms with Crippen LogP contribution in [0.3, 0.4) is 0 Å². The summed E-state index contributed by atoms with van der Waals surface area (Å²) < 4.78 is 6.94. The first-order chi connectivity index (χ1) is 12.8. The van der Waals surface area contributed by atoms with Gasteiger partial charge in [0.15, 0.2) is 0 Å². The van der Waals surface area contributed by atoms with Gasteiger partial charge in [-0.3, -0.25) is 4.98 Å². The number of fused-ring (bicyclic) bond motifs is 1. The SMILES string of the molecule is CCCCON=CC(C)(C)NC(=S)C(C)Oc1ccc2ncc(Br)cc2c1. The van der Waals surface area contributed by atoms with E-state index >= 15 is 0 Å². The van der Waals surface area contributed by atoms with Gasteiger partial charge in [-0.15, -0.1) is 0 Å². The van der Waals surface area contributed by atoms with Crippen LogP contribution >= 0.6 is 28.1 Å². The Morgan fingerprint density at radius 2 is 2.19 bits per heavy atom. The molecule has 27 heavy (non-hydrogen) atoms. The van der Waals surface area contributed by atoms with Crippen molar-refractivity contribution in [1.82, 2.24) is 10.3 Å². The normalized spacial score (nSPS) is 12.9. The lowest BCUT2D eigenvalue weighted by Gasteiger charge is -2.26. The van der Waals surface area contributed by atoms with E-state index in [1.807, 2.05) is 45.0 Å². The molecule has 2 aromatic rings. The Balaban J connectivity index is 1.94. The molecule has 2 rings (SSSR count). The minimum absolute atomic E-state index is 0.286. The van der Waals surface area contributed by atoms with Crippen molar-refractivity contribution >= 4 is 50.3 Å². The highest BCUT2D eigenvalue weighted by Crippen LogP contribution is 2.23. The first-order valence-electron chi connectivity index (χ1n) is 9.01. The lowest BCUT2D eigenvalue weighted by atomic mass is 10.1. The van der Waals surface area contributed by atoms with Crippen LogP contribution in [0, 0.1) is 0 Å². The molecular formula is C20H26BrN3O2S. The summed E-state index contributed by atoms with van der Waals surface area (Å²) in [5.41, 5.74) is 0.485. The zero-order valence-corrected chi connectivity index (χ0v) is 18.6. The molecule has 5 nitrogen and oxygen atoms in total. The molecule has 0 saturated carbocycles. The van der Waals surface area contributed by atoms with Crippen LogP contribution < -0.4 is 10.1 Å². The molecule has 1 N–H and O–H groups in total. The van der Waals surface area contributed by atoms with Crippen LogP contribution in [0.2, 0.25) is 0 Å². The fraction of sp³-hybridized carbons (Fsp3) is 0.450. The number of benzene rings is 1. The Hall–Kier alpha value is -1.73. The molecule has 1 unspecified atom stereocenters. The summed E-state index contributed by atoms with van der Waals surface area (Å²) in [5, 5.41) is 8.30. The Labute approximate surface area is 174 Å². The zero-order chi connectivity index (χ0) is 19.9. The molecule has 0 aliphatic heterocycles. The summed E-state index contributed by atoms with van der Waals surface area (Å²) in [7, 11) is 0. The van der Waals surface area contributed by atoms with Crippen LogP contribution in [0.25, 0.3) is 10.9 Å². The minimum atomic E-state index is -0.431. The number of thiocarbonyl (C=S) groups is 1. The van der Waals surface area contributed by atoms with Gasteiger partial charge in [0.2, 0.25) is 0 Å². The third-order valence-corrected chi connectivity index (χ3v) is 4.65. The maximum atomic E-state index is 6.01. The van der Waals surface area contributed by atoms with Gasteiger partial charge in [-0.05, 0) is 67.4 Å². The average molecular weight is 452 g/mol. The molecule has 0 aliphatic rings. The Bertz CT molecular complexity index is 811. The van der Waals surface area contributed by atoms with Crippen LogP contribution in [0.1, 0.15) is 40.5 Å². The molecule has 1 atom stereocenters. The van der Waals surface area contributed by atoms with E-state index in [1.54, 1.807) is 12.4 Å². The maximum Gasteiger partial charge on any atom is 0.146 e. The number of oxime groups is 1. The third-order valence-electron chi connectivity index (χ3n) is 3.79. The molecule has 0 aliphatic carbocycles. The van der Waals surface area contributed by atoms with Crippen LogP contribution in [0.4, 0.5) is 0 Å². The lowest BCUT2D eigenvalue weighted by molar-refractivity contribution is 0.141. The lowest BCUT2D eigenvalue weighted by Crippen LogP contribution is -2.48. The quantitative estimate of drug-likeness (QED) is 0.243. The van der Waals surface area contributed by atoms with Gasteiger partial charge >= 0.3 is 0 Å². The molecule has 0 radical (unpaired) electrons. The van der Waals surface area contributed by atoms with Crippen LogP contribution in [0.5, 0.6) is 5.75 Å². The third kappa shape index (κ3) is 7.07. The van der Waals surface area contributed by atoms with Gasteiger partial charge < -0.3 is 14.9 Å².